The summed E-state index contributed by atoms with van der Waals surface area (Å²) >= 11 is 1.48. The van der Waals surface area contributed by atoms with Crippen LogP contribution in [-0.2, 0) is 12.6 Å². The Morgan fingerprint density at radius 1 is 0.875 bits per heavy atom. The number of hydrogen-bond donors (Lipinski definition) is 3. The third-order valence-corrected chi connectivity index (χ3v) is 9.31. The summed E-state index contributed by atoms with van der Waals surface area (Å²) in [7, 11) is 0. The zero-order chi connectivity index (χ0) is 26.0. The maximum atomic E-state index is 13.9. The van der Waals surface area contributed by atoms with E-state index < -0.39 is 11.7 Å². The van der Waals surface area contributed by atoms with E-state index in [0.29, 0.717) is 29.5 Å². The Bertz CT molecular complexity index is 1090. The normalized spacial score (nSPS) is 18.1. The minimum atomic E-state index is -4.38. The van der Waals surface area contributed by atoms with Crippen molar-refractivity contribution < 1.29 is 13.2 Å². The van der Waals surface area contributed by atoms with Gasteiger partial charge in [0.05, 0.1) is 5.56 Å². The summed E-state index contributed by atoms with van der Waals surface area (Å²) in [4.78, 5) is 6.50. The molecule has 0 saturated carbocycles. The molecule has 2 aromatic carbocycles. The molecule has 3 heterocycles. The number of likely N-dealkylation sites (tertiary alicyclic amines) is 1. The van der Waals surface area contributed by atoms with Crippen LogP contribution in [0.3, 0.4) is 0 Å². The van der Waals surface area contributed by atoms with E-state index in [1.807, 2.05) is 0 Å². The number of piperidine rings is 2. The van der Waals surface area contributed by atoms with E-state index in [2.05, 4.69) is 33.3 Å². The lowest BCUT2D eigenvalue weighted by atomic mass is 9.93. The average molecular weight is 643 g/mol. The first-order valence-corrected chi connectivity index (χ1v) is 14.3. The number of nitrogens with one attached hydrogen (secondary N) is 1. The fraction of sp³-hybridized carbons (Fsp3) is 0.571. The number of halogens is 6. The van der Waals surface area contributed by atoms with E-state index in [4.69, 9.17) is 11.5 Å². The van der Waals surface area contributed by atoms with E-state index in [1.54, 1.807) is 0 Å². The molecular formula is C28H41Cl3F3N5S. The Labute approximate surface area is 258 Å². The second-order valence-electron chi connectivity index (χ2n) is 10.6. The second kappa shape index (κ2) is 15.4. The van der Waals surface area contributed by atoms with Crippen molar-refractivity contribution in [2.24, 2.45) is 17.4 Å². The first-order chi connectivity index (χ1) is 17.8. The summed E-state index contributed by atoms with van der Waals surface area (Å²) in [6.45, 7) is 6.07. The van der Waals surface area contributed by atoms with Gasteiger partial charge in [0.2, 0.25) is 0 Å². The van der Waals surface area contributed by atoms with E-state index >= 15 is 0 Å². The molecule has 2 aromatic rings. The van der Waals surface area contributed by atoms with E-state index in [9.17, 15) is 13.2 Å². The lowest BCUT2D eigenvalue weighted by molar-refractivity contribution is -0.137. The molecule has 2 saturated heterocycles. The van der Waals surface area contributed by atoms with Crippen molar-refractivity contribution in [1.82, 2.24) is 4.90 Å². The predicted octanol–water partition coefficient (Wildman–Crippen LogP) is 6.43. The Kier molecular flexibility index (Phi) is 13.5. The monoisotopic (exact) mass is 641 g/mol. The molecule has 40 heavy (non-hydrogen) atoms. The first kappa shape index (κ1) is 35.1. The van der Waals surface area contributed by atoms with Crippen LogP contribution in [0.15, 0.2) is 40.1 Å². The van der Waals surface area contributed by atoms with Crippen molar-refractivity contribution in [3.63, 3.8) is 0 Å². The molecule has 0 spiro atoms. The Balaban J connectivity index is 0.00000187. The van der Waals surface area contributed by atoms with Crippen LogP contribution in [0.4, 0.5) is 24.5 Å². The Morgan fingerprint density at radius 3 is 2.20 bits per heavy atom. The smallest absolute Gasteiger partial charge is 0.382 e. The van der Waals surface area contributed by atoms with Gasteiger partial charge in [-0.25, -0.2) is 0 Å². The van der Waals surface area contributed by atoms with Crippen LogP contribution in [-0.4, -0.2) is 56.8 Å². The van der Waals surface area contributed by atoms with E-state index in [1.165, 1.54) is 29.5 Å². The summed E-state index contributed by atoms with van der Waals surface area (Å²) in [6, 6.07) is 9.33. The van der Waals surface area contributed by atoms with Crippen LogP contribution in [0.25, 0.3) is 0 Å². The second-order valence-corrected chi connectivity index (χ2v) is 11.7. The van der Waals surface area contributed by atoms with Gasteiger partial charge in [0.25, 0.3) is 0 Å². The average Bonchev–Trinajstić information content (AvgIpc) is 2.88. The van der Waals surface area contributed by atoms with Crippen molar-refractivity contribution in [3.8, 4) is 0 Å². The topological polar surface area (TPSA) is 70.5 Å². The van der Waals surface area contributed by atoms with Crippen LogP contribution in [0, 0.1) is 5.92 Å². The van der Waals surface area contributed by atoms with E-state index in [0.717, 1.165) is 87.5 Å². The van der Waals surface area contributed by atoms with Gasteiger partial charge in [-0.05, 0) is 80.0 Å². The molecule has 3 aliphatic rings. The molecule has 5 rings (SSSR count). The zero-order valence-electron chi connectivity index (χ0n) is 22.5. The van der Waals surface area contributed by atoms with Crippen molar-refractivity contribution in [2.45, 2.75) is 60.5 Å². The standard InChI is InChI=1S/C28H38F3N5S.3ClH/c29-28(30,31)21-16-25(34-22-6-10-35(11-7-22)14-9-33)24-15-20-1-2-23(18-26(20)37-27(24)17-21)36-12-4-19(3-8-32)5-13-36;;;/h1-2,16-19,22,34H,3-15,32-33H2;3*1H. The van der Waals surface area contributed by atoms with Crippen molar-refractivity contribution in [3.05, 3.63) is 47.0 Å². The number of nitrogens with zero attached hydrogens (tertiary/aromatic N) is 2. The minimum Gasteiger partial charge on any atom is -0.382 e. The van der Waals surface area contributed by atoms with Gasteiger partial charge in [-0.15, -0.1) is 37.2 Å². The molecular weight excluding hydrogens is 602 g/mol. The number of fused-ring (bicyclic) bond motifs is 2. The van der Waals surface area contributed by atoms with Crippen LogP contribution in [0.5, 0.6) is 0 Å². The number of anilines is 2. The summed E-state index contributed by atoms with van der Waals surface area (Å²) in [5.74, 6) is 0.694. The van der Waals surface area contributed by atoms with Gasteiger partial charge in [-0.3, -0.25) is 0 Å². The fourth-order valence-electron chi connectivity index (χ4n) is 5.92. The molecule has 0 aromatic heterocycles. The predicted molar refractivity (Wildman–Crippen MR) is 167 cm³/mol. The summed E-state index contributed by atoms with van der Waals surface area (Å²) in [6.07, 6.45) is 1.42. The highest BCUT2D eigenvalue weighted by Crippen LogP contribution is 2.47. The van der Waals surface area contributed by atoms with Gasteiger partial charge in [-0.2, -0.15) is 13.2 Å². The lowest BCUT2D eigenvalue weighted by Gasteiger charge is -2.35. The SMILES string of the molecule is Cl.Cl.Cl.NCCC1CCN(c2ccc3c(c2)Sc2cc(C(F)(F)F)cc(NC4CCN(CCN)CC4)c2C3)CC1. The highest BCUT2D eigenvalue weighted by atomic mass is 35.5. The summed E-state index contributed by atoms with van der Waals surface area (Å²) in [5, 5.41) is 3.50. The largest absolute Gasteiger partial charge is 0.416 e. The van der Waals surface area contributed by atoms with Gasteiger partial charge in [0.15, 0.2) is 0 Å². The highest BCUT2D eigenvalue weighted by molar-refractivity contribution is 7.99. The molecule has 0 atom stereocenters. The van der Waals surface area contributed by atoms with Crippen molar-refractivity contribution in [1.29, 1.82) is 0 Å². The van der Waals surface area contributed by atoms with Gasteiger partial charge in [-0.1, -0.05) is 17.8 Å². The summed E-state index contributed by atoms with van der Waals surface area (Å²) < 4.78 is 41.6. The minimum absolute atomic E-state index is 0. The van der Waals surface area contributed by atoms with Gasteiger partial charge in [0, 0.05) is 72.9 Å². The number of hydrogen-bond acceptors (Lipinski definition) is 6. The van der Waals surface area contributed by atoms with Gasteiger partial charge in [0.1, 0.15) is 0 Å². The van der Waals surface area contributed by atoms with E-state index in [-0.39, 0.29) is 43.3 Å². The van der Waals surface area contributed by atoms with Gasteiger partial charge < -0.3 is 26.6 Å². The third kappa shape index (κ3) is 8.27. The Hall–Kier alpha value is -1.07. The molecule has 3 aliphatic heterocycles. The van der Waals surface area contributed by atoms with Crippen LogP contribution in [0.2, 0.25) is 0 Å². The van der Waals surface area contributed by atoms with Crippen LogP contribution in [0.1, 0.15) is 48.8 Å². The molecule has 12 heteroatoms. The molecule has 0 unspecified atom stereocenters. The van der Waals surface area contributed by atoms with Crippen LogP contribution < -0.4 is 21.7 Å². The molecule has 0 amide bonds. The molecule has 5 nitrogen and oxygen atoms in total. The van der Waals surface area contributed by atoms with Crippen molar-refractivity contribution >= 4 is 60.4 Å². The molecule has 0 aliphatic carbocycles. The van der Waals surface area contributed by atoms with Crippen LogP contribution >= 0.6 is 49.0 Å². The maximum absolute atomic E-state index is 13.9. The van der Waals surface area contributed by atoms with Crippen molar-refractivity contribution in [2.75, 3.05) is 56.0 Å². The number of alkyl halides is 3. The lowest BCUT2D eigenvalue weighted by Crippen LogP contribution is -2.41. The first-order valence-electron chi connectivity index (χ1n) is 13.5. The maximum Gasteiger partial charge on any atom is 0.416 e. The third-order valence-electron chi connectivity index (χ3n) is 8.12. The van der Waals surface area contributed by atoms with Gasteiger partial charge >= 0.3 is 6.18 Å². The highest BCUT2D eigenvalue weighted by Gasteiger charge is 2.34. The Morgan fingerprint density at radius 2 is 1.57 bits per heavy atom. The number of benzene rings is 2. The molecule has 2 fully saturated rings. The zero-order valence-corrected chi connectivity index (χ0v) is 25.8. The molecule has 0 radical (unpaired) electrons. The molecule has 5 N–H and O–H groups in total. The number of rotatable bonds is 7. The molecule has 0 bridgehead atoms. The quantitative estimate of drug-likeness (QED) is 0.276. The fourth-order valence-corrected chi connectivity index (χ4v) is 7.10. The summed E-state index contributed by atoms with van der Waals surface area (Å²) in [5.41, 5.74) is 14.8. The number of nitrogens with two attached hydrogens (primary N) is 2. The molecule has 226 valence electrons.